The fourth-order valence-electron chi connectivity index (χ4n) is 2.54. The van der Waals surface area contributed by atoms with Gasteiger partial charge in [-0.05, 0) is 28.1 Å². The topological polar surface area (TPSA) is 52.8 Å². The lowest BCUT2D eigenvalue weighted by molar-refractivity contribution is 0.280. The molecule has 118 valence electrons. The van der Waals surface area contributed by atoms with Crippen LogP contribution in [0.15, 0.2) is 72.8 Å². The molecule has 5 nitrogen and oxygen atoms in total. The van der Waals surface area contributed by atoms with Crippen molar-refractivity contribution in [2.45, 2.75) is 6.54 Å². The highest BCUT2D eigenvalue weighted by molar-refractivity contribution is 5.83. The van der Waals surface area contributed by atoms with E-state index in [0.717, 1.165) is 11.3 Å². The minimum atomic E-state index is 0.489. The van der Waals surface area contributed by atoms with E-state index in [9.17, 15) is 0 Å². The van der Waals surface area contributed by atoms with Gasteiger partial charge in [-0.2, -0.15) is 4.80 Å². The predicted molar refractivity (Wildman–Crippen MR) is 92.7 cm³/mol. The molecule has 1 aromatic heterocycles. The van der Waals surface area contributed by atoms with E-state index in [1.54, 1.807) is 4.80 Å². The van der Waals surface area contributed by atoms with Gasteiger partial charge in [0.15, 0.2) is 0 Å². The zero-order valence-corrected chi connectivity index (χ0v) is 13.0. The summed E-state index contributed by atoms with van der Waals surface area (Å²) < 4.78 is 5.80. The van der Waals surface area contributed by atoms with Crippen LogP contribution in [0.5, 0.6) is 5.75 Å². The minimum absolute atomic E-state index is 0.489. The highest BCUT2D eigenvalue weighted by Gasteiger charge is 2.05. The lowest BCUT2D eigenvalue weighted by Gasteiger charge is -2.06. The summed E-state index contributed by atoms with van der Waals surface area (Å²) in [5.74, 6) is 1.47. The molecule has 0 radical (unpaired) electrons. The number of hydrogen-bond acceptors (Lipinski definition) is 4. The van der Waals surface area contributed by atoms with Gasteiger partial charge in [-0.25, -0.2) is 0 Å². The zero-order chi connectivity index (χ0) is 16.2. The van der Waals surface area contributed by atoms with Gasteiger partial charge in [0.2, 0.25) is 5.82 Å². The van der Waals surface area contributed by atoms with Gasteiger partial charge in [0.25, 0.3) is 0 Å². The Morgan fingerprint density at radius 3 is 2.50 bits per heavy atom. The highest BCUT2D eigenvalue weighted by atomic mass is 16.5. The lowest BCUT2D eigenvalue weighted by atomic mass is 10.1. The van der Waals surface area contributed by atoms with E-state index in [-0.39, 0.29) is 0 Å². The molecule has 4 aromatic rings. The van der Waals surface area contributed by atoms with Gasteiger partial charge in [-0.3, -0.25) is 0 Å². The van der Waals surface area contributed by atoms with E-state index in [4.69, 9.17) is 4.74 Å². The molecule has 1 heterocycles. The quantitative estimate of drug-likeness (QED) is 0.565. The fraction of sp³-hybridized carbons (Fsp3) is 0.105. The summed E-state index contributed by atoms with van der Waals surface area (Å²) >= 11 is 0. The Kier molecular flexibility index (Phi) is 3.90. The van der Waals surface area contributed by atoms with Gasteiger partial charge in [0.1, 0.15) is 12.4 Å². The molecule has 4 rings (SSSR count). The summed E-state index contributed by atoms with van der Waals surface area (Å²) in [5.41, 5.74) is 0.958. The molecule has 0 aliphatic heterocycles. The number of aromatic nitrogens is 4. The molecule has 0 saturated heterocycles. The van der Waals surface area contributed by atoms with E-state index in [0.29, 0.717) is 19.0 Å². The molecule has 24 heavy (non-hydrogen) atoms. The third-order valence-electron chi connectivity index (χ3n) is 3.77. The van der Waals surface area contributed by atoms with Gasteiger partial charge >= 0.3 is 0 Å². The number of nitrogens with zero attached hydrogens (tertiary/aromatic N) is 4. The predicted octanol–water partition coefficient (Wildman–Crippen LogP) is 3.57. The van der Waals surface area contributed by atoms with Gasteiger partial charge in [0.05, 0.1) is 6.54 Å². The number of fused-ring (bicyclic) bond motifs is 1. The standard InChI is InChI=1S/C19H16N4O/c1-2-7-16(8-3-1)19-20-22-23(21-19)12-13-24-18-11-10-15-6-4-5-9-17(15)14-18/h1-11,14H,12-13H2. The molecule has 0 saturated carbocycles. The van der Waals surface area contributed by atoms with Crippen molar-refractivity contribution in [3.63, 3.8) is 0 Å². The van der Waals surface area contributed by atoms with Crippen molar-refractivity contribution in [2.24, 2.45) is 0 Å². The van der Waals surface area contributed by atoms with Gasteiger partial charge in [-0.15, -0.1) is 10.2 Å². The second-order valence-corrected chi connectivity index (χ2v) is 5.43. The summed E-state index contributed by atoms with van der Waals surface area (Å²) in [6, 6.07) is 24.1. The Labute approximate surface area is 139 Å². The van der Waals surface area contributed by atoms with Crippen molar-refractivity contribution in [3.05, 3.63) is 72.8 Å². The molecular formula is C19H16N4O. The summed E-state index contributed by atoms with van der Waals surface area (Å²) in [6.07, 6.45) is 0. The van der Waals surface area contributed by atoms with Crippen molar-refractivity contribution >= 4 is 10.8 Å². The molecule has 0 atom stereocenters. The van der Waals surface area contributed by atoms with E-state index >= 15 is 0 Å². The maximum absolute atomic E-state index is 5.80. The molecule has 0 aliphatic carbocycles. The van der Waals surface area contributed by atoms with E-state index < -0.39 is 0 Å². The van der Waals surface area contributed by atoms with Crippen molar-refractivity contribution in [2.75, 3.05) is 6.61 Å². The monoisotopic (exact) mass is 316 g/mol. The van der Waals surface area contributed by atoms with Gasteiger partial charge in [0, 0.05) is 5.56 Å². The molecule has 0 spiro atoms. The minimum Gasteiger partial charge on any atom is -0.492 e. The molecule has 0 N–H and O–H groups in total. The van der Waals surface area contributed by atoms with E-state index in [1.807, 2.05) is 54.6 Å². The Hall–Kier alpha value is -3.21. The second kappa shape index (κ2) is 6.50. The number of benzene rings is 3. The summed E-state index contributed by atoms with van der Waals surface area (Å²) in [7, 11) is 0. The summed E-state index contributed by atoms with van der Waals surface area (Å²) in [6.45, 7) is 1.04. The van der Waals surface area contributed by atoms with Crippen LogP contribution in [0.3, 0.4) is 0 Å². The first-order chi connectivity index (χ1) is 11.9. The molecule has 0 aliphatic rings. The lowest BCUT2D eigenvalue weighted by Crippen LogP contribution is -2.11. The molecule has 3 aromatic carbocycles. The van der Waals surface area contributed by atoms with Crippen molar-refractivity contribution in [1.29, 1.82) is 0 Å². The van der Waals surface area contributed by atoms with Crippen LogP contribution in [0, 0.1) is 0 Å². The normalized spacial score (nSPS) is 10.8. The Morgan fingerprint density at radius 2 is 1.62 bits per heavy atom. The fourth-order valence-corrected chi connectivity index (χ4v) is 2.54. The smallest absolute Gasteiger partial charge is 0.204 e. The average molecular weight is 316 g/mol. The number of hydrogen-bond donors (Lipinski definition) is 0. The molecule has 0 unspecified atom stereocenters. The van der Waals surface area contributed by atoms with Crippen molar-refractivity contribution < 1.29 is 4.74 Å². The maximum Gasteiger partial charge on any atom is 0.204 e. The van der Waals surface area contributed by atoms with Crippen LogP contribution in [0.4, 0.5) is 0 Å². The number of tetrazole rings is 1. The summed E-state index contributed by atoms with van der Waals surface area (Å²) in [5, 5.41) is 14.9. The largest absolute Gasteiger partial charge is 0.492 e. The Morgan fingerprint density at radius 1 is 0.833 bits per heavy atom. The summed E-state index contributed by atoms with van der Waals surface area (Å²) in [4.78, 5) is 1.56. The SMILES string of the molecule is c1ccc(-c2nnn(CCOc3ccc4ccccc4c3)n2)cc1. The molecule has 0 fully saturated rings. The third-order valence-corrected chi connectivity index (χ3v) is 3.77. The van der Waals surface area contributed by atoms with E-state index in [1.165, 1.54) is 10.8 Å². The van der Waals surface area contributed by atoms with Crippen molar-refractivity contribution in [1.82, 2.24) is 20.2 Å². The molecule has 5 heteroatoms. The van der Waals surface area contributed by atoms with Crippen LogP contribution in [0.25, 0.3) is 22.2 Å². The zero-order valence-electron chi connectivity index (χ0n) is 13.0. The maximum atomic E-state index is 5.80. The van der Waals surface area contributed by atoms with Crippen molar-refractivity contribution in [3.8, 4) is 17.1 Å². The number of rotatable bonds is 5. The van der Waals surface area contributed by atoms with Gasteiger partial charge < -0.3 is 4.74 Å². The first-order valence-corrected chi connectivity index (χ1v) is 7.83. The van der Waals surface area contributed by atoms with Crippen LogP contribution in [0.2, 0.25) is 0 Å². The Balaban J connectivity index is 1.39. The van der Waals surface area contributed by atoms with Crippen LogP contribution in [-0.2, 0) is 6.54 Å². The van der Waals surface area contributed by atoms with Crippen LogP contribution in [0.1, 0.15) is 0 Å². The molecular weight excluding hydrogens is 300 g/mol. The van der Waals surface area contributed by atoms with Crippen LogP contribution >= 0.6 is 0 Å². The first-order valence-electron chi connectivity index (χ1n) is 7.83. The van der Waals surface area contributed by atoms with E-state index in [2.05, 4.69) is 33.6 Å². The molecule has 0 bridgehead atoms. The molecule has 0 amide bonds. The van der Waals surface area contributed by atoms with Crippen LogP contribution < -0.4 is 4.74 Å². The Bertz CT molecular complexity index is 950. The first kappa shape index (κ1) is 14.4. The highest BCUT2D eigenvalue weighted by Crippen LogP contribution is 2.20. The van der Waals surface area contributed by atoms with Crippen LogP contribution in [-0.4, -0.2) is 26.8 Å². The third kappa shape index (κ3) is 3.10. The average Bonchev–Trinajstić information content (AvgIpc) is 3.11. The number of ether oxygens (including phenoxy) is 1. The second-order valence-electron chi connectivity index (χ2n) is 5.43. The van der Waals surface area contributed by atoms with Gasteiger partial charge in [-0.1, -0.05) is 60.7 Å².